The highest BCUT2D eigenvalue weighted by molar-refractivity contribution is 5.68. The summed E-state index contributed by atoms with van der Waals surface area (Å²) in [5, 5.41) is 2.81. The van der Waals surface area contributed by atoms with Crippen LogP contribution in [0.25, 0.3) is 0 Å². The Morgan fingerprint density at radius 2 is 2.12 bits per heavy atom. The predicted molar refractivity (Wildman–Crippen MR) is 65.8 cm³/mol. The van der Waals surface area contributed by atoms with E-state index in [4.69, 9.17) is 15.2 Å². The molecule has 0 aromatic heterocycles. The minimum absolute atomic E-state index is 0.0567. The van der Waals surface area contributed by atoms with Crippen LogP contribution < -0.4 is 11.1 Å². The Bertz CT molecular complexity index is 269. The fourth-order valence-corrected chi connectivity index (χ4v) is 1.83. The number of alkyl carbamates (subject to hydrolysis) is 1. The zero-order valence-corrected chi connectivity index (χ0v) is 11.2. The second kappa shape index (κ2) is 5.23. The van der Waals surface area contributed by atoms with Gasteiger partial charge >= 0.3 is 6.09 Å². The molecule has 1 rings (SSSR count). The molecule has 3 N–H and O–H groups in total. The molecule has 0 aromatic carbocycles. The lowest BCUT2D eigenvalue weighted by atomic mass is 9.82. The molecule has 1 atom stereocenters. The van der Waals surface area contributed by atoms with Crippen LogP contribution in [0.4, 0.5) is 4.79 Å². The Morgan fingerprint density at radius 3 is 2.47 bits per heavy atom. The standard InChI is InChI=1S/C12H24N2O3/c1-11(2,3)17-10(15)14-9(6-13)5-12(4)7-16-8-12/h9H,5-8,13H2,1-4H3,(H,14,15). The zero-order chi connectivity index (χ0) is 13.1. The summed E-state index contributed by atoms with van der Waals surface area (Å²) in [6, 6.07) is -0.0567. The van der Waals surface area contributed by atoms with Crippen LogP contribution in [0.15, 0.2) is 0 Å². The van der Waals surface area contributed by atoms with E-state index in [2.05, 4.69) is 12.2 Å². The van der Waals surface area contributed by atoms with Gasteiger partial charge in [-0.1, -0.05) is 6.92 Å². The Morgan fingerprint density at radius 1 is 1.53 bits per heavy atom. The van der Waals surface area contributed by atoms with Crippen LogP contribution in [0.3, 0.4) is 0 Å². The van der Waals surface area contributed by atoms with Gasteiger partial charge in [0.2, 0.25) is 0 Å². The molecule has 0 radical (unpaired) electrons. The van der Waals surface area contributed by atoms with E-state index in [0.29, 0.717) is 6.54 Å². The summed E-state index contributed by atoms with van der Waals surface area (Å²) in [5.74, 6) is 0. The number of nitrogens with two attached hydrogens (primary N) is 1. The molecular formula is C12H24N2O3. The lowest BCUT2D eigenvalue weighted by Crippen LogP contribution is -2.50. The quantitative estimate of drug-likeness (QED) is 0.781. The highest BCUT2D eigenvalue weighted by Gasteiger charge is 2.36. The molecule has 5 heteroatoms. The third kappa shape index (κ3) is 4.91. The van der Waals surface area contributed by atoms with Crippen LogP contribution in [-0.4, -0.2) is 37.5 Å². The average Bonchev–Trinajstić information content (AvgIpc) is 2.11. The van der Waals surface area contributed by atoms with Gasteiger partial charge in [-0.15, -0.1) is 0 Å². The normalized spacial score (nSPS) is 20.3. The number of hydrogen-bond acceptors (Lipinski definition) is 4. The molecule has 0 bridgehead atoms. The van der Waals surface area contributed by atoms with Crippen LogP contribution in [0.5, 0.6) is 0 Å². The SMILES string of the molecule is CC1(CC(CN)NC(=O)OC(C)(C)C)COC1. The van der Waals surface area contributed by atoms with Gasteiger partial charge in [-0.3, -0.25) is 0 Å². The molecule has 1 aliphatic heterocycles. The average molecular weight is 244 g/mol. The Balaban J connectivity index is 2.38. The van der Waals surface area contributed by atoms with Crippen molar-refractivity contribution in [3.63, 3.8) is 0 Å². The van der Waals surface area contributed by atoms with Crippen molar-refractivity contribution in [2.24, 2.45) is 11.1 Å². The van der Waals surface area contributed by atoms with E-state index >= 15 is 0 Å². The van der Waals surface area contributed by atoms with Gasteiger partial charge in [0.1, 0.15) is 5.60 Å². The number of ether oxygens (including phenoxy) is 2. The van der Waals surface area contributed by atoms with Crippen LogP contribution in [0.1, 0.15) is 34.1 Å². The van der Waals surface area contributed by atoms with Gasteiger partial charge in [0, 0.05) is 18.0 Å². The van der Waals surface area contributed by atoms with E-state index in [1.165, 1.54) is 0 Å². The predicted octanol–water partition coefficient (Wildman–Crippen LogP) is 1.26. The summed E-state index contributed by atoms with van der Waals surface area (Å²) in [4.78, 5) is 11.6. The van der Waals surface area contributed by atoms with E-state index in [0.717, 1.165) is 19.6 Å². The molecule has 5 nitrogen and oxygen atoms in total. The molecule has 1 saturated heterocycles. The van der Waals surface area contributed by atoms with Gasteiger partial charge in [-0.25, -0.2) is 4.79 Å². The highest BCUT2D eigenvalue weighted by atomic mass is 16.6. The molecule has 1 fully saturated rings. The molecule has 1 unspecified atom stereocenters. The van der Waals surface area contributed by atoms with E-state index in [1.807, 2.05) is 20.8 Å². The zero-order valence-electron chi connectivity index (χ0n) is 11.2. The van der Waals surface area contributed by atoms with Crippen molar-refractivity contribution in [1.82, 2.24) is 5.32 Å². The van der Waals surface area contributed by atoms with E-state index in [-0.39, 0.29) is 11.5 Å². The first-order chi connectivity index (χ1) is 7.74. The molecule has 0 saturated carbocycles. The monoisotopic (exact) mass is 244 g/mol. The Hall–Kier alpha value is -0.810. The first-order valence-corrected chi connectivity index (χ1v) is 6.01. The van der Waals surface area contributed by atoms with Crippen molar-refractivity contribution in [3.05, 3.63) is 0 Å². The first-order valence-electron chi connectivity index (χ1n) is 6.01. The fraction of sp³-hybridized carbons (Fsp3) is 0.917. The molecular weight excluding hydrogens is 220 g/mol. The van der Waals surface area contributed by atoms with Crippen LogP contribution in [0, 0.1) is 5.41 Å². The molecule has 17 heavy (non-hydrogen) atoms. The maximum absolute atomic E-state index is 11.6. The molecule has 1 amide bonds. The summed E-state index contributed by atoms with van der Waals surface area (Å²) in [7, 11) is 0. The largest absolute Gasteiger partial charge is 0.444 e. The van der Waals surface area contributed by atoms with Crippen molar-refractivity contribution < 1.29 is 14.3 Å². The highest BCUT2D eigenvalue weighted by Crippen LogP contribution is 2.31. The van der Waals surface area contributed by atoms with Crippen molar-refractivity contribution in [3.8, 4) is 0 Å². The smallest absolute Gasteiger partial charge is 0.407 e. The molecule has 0 aliphatic carbocycles. The van der Waals surface area contributed by atoms with Gasteiger partial charge in [0.25, 0.3) is 0 Å². The lowest BCUT2D eigenvalue weighted by Gasteiger charge is -2.40. The molecule has 0 aromatic rings. The second-order valence-electron chi connectivity index (χ2n) is 6.09. The molecule has 1 heterocycles. The minimum Gasteiger partial charge on any atom is -0.444 e. The molecule has 0 spiro atoms. The number of nitrogens with one attached hydrogen (secondary N) is 1. The maximum Gasteiger partial charge on any atom is 0.407 e. The van der Waals surface area contributed by atoms with Crippen molar-refractivity contribution >= 4 is 6.09 Å². The van der Waals surface area contributed by atoms with Crippen molar-refractivity contribution in [1.29, 1.82) is 0 Å². The Labute approximate surface area is 103 Å². The van der Waals surface area contributed by atoms with Gasteiger partial charge in [-0.05, 0) is 27.2 Å². The van der Waals surface area contributed by atoms with Crippen LogP contribution in [0.2, 0.25) is 0 Å². The fourth-order valence-electron chi connectivity index (χ4n) is 1.83. The summed E-state index contributed by atoms with van der Waals surface area (Å²) < 4.78 is 10.4. The van der Waals surface area contributed by atoms with Gasteiger partial charge < -0.3 is 20.5 Å². The Kier molecular flexibility index (Phi) is 4.38. The van der Waals surface area contributed by atoms with Crippen molar-refractivity contribution in [2.75, 3.05) is 19.8 Å². The third-order valence-corrected chi connectivity index (χ3v) is 2.65. The van der Waals surface area contributed by atoms with E-state index < -0.39 is 11.7 Å². The topological polar surface area (TPSA) is 73.6 Å². The third-order valence-electron chi connectivity index (χ3n) is 2.65. The second-order valence-corrected chi connectivity index (χ2v) is 6.09. The lowest BCUT2D eigenvalue weighted by molar-refractivity contribution is -0.109. The number of amides is 1. The van der Waals surface area contributed by atoms with E-state index in [1.54, 1.807) is 0 Å². The number of hydrogen-bond donors (Lipinski definition) is 2. The number of carbonyl (C=O) groups is 1. The molecule has 1 aliphatic rings. The molecule has 100 valence electrons. The maximum atomic E-state index is 11.6. The summed E-state index contributed by atoms with van der Waals surface area (Å²) in [6.45, 7) is 9.53. The van der Waals surface area contributed by atoms with Crippen molar-refractivity contribution in [2.45, 2.75) is 45.8 Å². The first kappa shape index (κ1) is 14.3. The number of rotatable bonds is 4. The van der Waals surface area contributed by atoms with E-state index in [9.17, 15) is 4.79 Å². The number of carbonyl (C=O) groups excluding carboxylic acids is 1. The summed E-state index contributed by atoms with van der Waals surface area (Å²) in [6.07, 6.45) is 0.416. The minimum atomic E-state index is -0.479. The van der Waals surface area contributed by atoms with Crippen LogP contribution >= 0.6 is 0 Å². The summed E-state index contributed by atoms with van der Waals surface area (Å²) >= 11 is 0. The van der Waals surface area contributed by atoms with Gasteiger partial charge in [-0.2, -0.15) is 0 Å². The van der Waals surface area contributed by atoms with Gasteiger partial charge in [0.05, 0.1) is 13.2 Å². The van der Waals surface area contributed by atoms with Gasteiger partial charge in [0.15, 0.2) is 0 Å². The van der Waals surface area contributed by atoms with Crippen LogP contribution in [-0.2, 0) is 9.47 Å². The summed E-state index contributed by atoms with van der Waals surface area (Å²) in [5.41, 5.74) is 5.32.